The maximum Gasteiger partial charge on any atom is 0.238 e. The molecular weight excluding hydrogens is 755 g/mol. The topological polar surface area (TPSA) is 48.5 Å². The van der Waals surface area contributed by atoms with E-state index in [4.69, 9.17) is 15.0 Å². The molecule has 290 valence electrons. The molecule has 3 heterocycles. The number of hydrogen-bond donors (Lipinski definition) is 0. The van der Waals surface area contributed by atoms with Crippen LogP contribution in [-0.2, 0) is 0 Å². The molecule has 0 aliphatic carbocycles. The monoisotopic (exact) mass is 791 g/mol. The maximum atomic E-state index is 5.23. The van der Waals surface area contributed by atoms with Crippen molar-refractivity contribution in [3.05, 3.63) is 224 Å². The molecule has 0 atom stereocenters. The van der Waals surface area contributed by atoms with E-state index < -0.39 is 0 Å². The van der Waals surface area contributed by atoms with Gasteiger partial charge in [-0.15, -0.1) is 0 Å². The highest BCUT2D eigenvalue weighted by atomic mass is 15.2. The van der Waals surface area contributed by atoms with E-state index in [1.165, 1.54) is 33.0 Å². The SMILES string of the molecule is c1ccc(-c2cc(-c3ccccc3)cc(-c3ccccc3-n3c4ccccc4c4cc5c6ccccc6n(-c6nc(-c7ccccc7)nc(-c7ccccc7)n6)c5cc43)c2)cc1. The number of fused-ring (bicyclic) bond motifs is 6. The van der Waals surface area contributed by atoms with Gasteiger partial charge in [-0.1, -0.05) is 176 Å². The molecule has 0 saturated heterocycles. The Morgan fingerprint density at radius 2 is 0.677 bits per heavy atom. The van der Waals surface area contributed by atoms with Crippen molar-refractivity contribution < 1.29 is 0 Å². The standard InChI is InChI=1S/C57H37N5/c1-5-19-38(20-6-1)42-33-43(39-21-7-2-8-22-39)35-44(34-42)45-27-13-16-30-50(45)61-51-31-17-14-28-46(51)48-36-49-47-29-15-18-32-52(47)62(54(49)37-53(48)61)57-59-55(40-23-9-3-10-24-40)58-56(60-57)41-25-11-4-12-26-41/h1-37H. The van der Waals surface area contributed by atoms with E-state index in [1.807, 2.05) is 36.4 Å². The Bertz CT molecular complexity index is 3500. The first-order valence-corrected chi connectivity index (χ1v) is 20.9. The van der Waals surface area contributed by atoms with Gasteiger partial charge in [0.15, 0.2) is 11.6 Å². The fourth-order valence-corrected chi connectivity index (χ4v) is 9.09. The van der Waals surface area contributed by atoms with E-state index in [9.17, 15) is 0 Å². The molecule has 0 fully saturated rings. The van der Waals surface area contributed by atoms with Crippen molar-refractivity contribution in [1.82, 2.24) is 24.1 Å². The average molecular weight is 792 g/mol. The lowest BCUT2D eigenvalue weighted by atomic mass is 9.92. The van der Waals surface area contributed by atoms with Crippen molar-refractivity contribution in [2.45, 2.75) is 0 Å². The maximum absolute atomic E-state index is 5.23. The number of hydrogen-bond acceptors (Lipinski definition) is 3. The molecule has 0 aliphatic heterocycles. The molecule has 0 bridgehead atoms. The van der Waals surface area contributed by atoms with Gasteiger partial charge in [0.1, 0.15) is 0 Å². The third-order valence-electron chi connectivity index (χ3n) is 12.0. The van der Waals surface area contributed by atoms with Crippen LogP contribution in [0.4, 0.5) is 0 Å². The van der Waals surface area contributed by atoms with Crippen LogP contribution in [0.1, 0.15) is 0 Å². The lowest BCUT2D eigenvalue weighted by molar-refractivity contribution is 0.953. The van der Waals surface area contributed by atoms with Crippen LogP contribution < -0.4 is 0 Å². The molecule has 0 unspecified atom stereocenters. The zero-order valence-electron chi connectivity index (χ0n) is 33.6. The number of nitrogens with zero attached hydrogens (tertiary/aromatic N) is 5. The van der Waals surface area contributed by atoms with Gasteiger partial charge in [0.05, 0.1) is 27.8 Å². The number of rotatable bonds is 7. The van der Waals surface area contributed by atoms with Crippen LogP contribution in [0.25, 0.3) is 111 Å². The Kier molecular flexibility index (Phi) is 8.42. The first-order chi connectivity index (χ1) is 30.7. The summed E-state index contributed by atoms with van der Waals surface area (Å²) in [4.78, 5) is 15.5. The molecule has 12 aromatic rings. The first kappa shape index (κ1) is 35.5. The lowest BCUT2D eigenvalue weighted by Gasteiger charge is -2.17. The Morgan fingerprint density at radius 3 is 1.23 bits per heavy atom. The van der Waals surface area contributed by atoms with E-state index in [1.54, 1.807) is 0 Å². The predicted molar refractivity (Wildman–Crippen MR) is 256 cm³/mol. The minimum atomic E-state index is 0.567. The van der Waals surface area contributed by atoms with Crippen LogP contribution in [0.3, 0.4) is 0 Å². The van der Waals surface area contributed by atoms with Gasteiger partial charge in [-0.2, -0.15) is 9.97 Å². The second-order valence-electron chi connectivity index (χ2n) is 15.7. The van der Waals surface area contributed by atoms with Gasteiger partial charge in [0.2, 0.25) is 5.95 Å². The molecule has 62 heavy (non-hydrogen) atoms. The molecule has 0 amide bonds. The normalized spacial score (nSPS) is 11.5. The summed E-state index contributed by atoms with van der Waals surface area (Å²) in [6.07, 6.45) is 0. The second kappa shape index (κ2) is 14.7. The molecule has 0 radical (unpaired) electrons. The zero-order valence-corrected chi connectivity index (χ0v) is 33.6. The molecule has 12 rings (SSSR count). The molecule has 0 aliphatic rings. The fourth-order valence-electron chi connectivity index (χ4n) is 9.09. The van der Waals surface area contributed by atoms with Crippen molar-refractivity contribution in [3.63, 3.8) is 0 Å². The van der Waals surface area contributed by atoms with Crippen LogP contribution in [0.5, 0.6) is 0 Å². The van der Waals surface area contributed by atoms with E-state index in [0.717, 1.165) is 60.8 Å². The van der Waals surface area contributed by atoms with Crippen molar-refractivity contribution in [2.75, 3.05) is 0 Å². The largest absolute Gasteiger partial charge is 0.309 e. The molecule has 9 aromatic carbocycles. The third kappa shape index (κ3) is 5.98. The fraction of sp³-hybridized carbons (Fsp3) is 0. The molecule has 0 spiro atoms. The minimum absolute atomic E-state index is 0.567. The van der Waals surface area contributed by atoms with Crippen LogP contribution in [0, 0.1) is 0 Å². The van der Waals surface area contributed by atoms with E-state index in [2.05, 4.69) is 197 Å². The second-order valence-corrected chi connectivity index (χ2v) is 15.7. The van der Waals surface area contributed by atoms with Crippen LogP contribution >= 0.6 is 0 Å². The summed E-state index contributed by atoms with van der Waals surface area (Å²) in [5.41, 5.74) is 14.2. The van der Waals surface area contributed by atoms with Gasteiger partial charge >= 0.3 is 0 Å². The summed E-state index contributed by atoms with van der Waals surface area (Å²) in [5.74, 6) is 1.81. The summed E-state index contributed by atoms with van der Waals surface area (Å²) in [5, 5.41) is 4.64. The van der Waals surface area contributed by atoms with Crippen LogP contribution in [-0.4, -0.2) is 24.1 Å². The average Bonchev–Trinajstić information content (AvgIpc) is 3.86. The van der Waals surface area contributed by atoms with E-state index in [0.29, 0.717) is 17.6 Å². The van der Waals surface area contributed by atoms with Crippen LogP contribution in [0.15, 0.2) is 224 Å². The van der Waals surface area contributed by atoms with E-state index in [-0.39, 0.29) is 0 Å². The van der Waals surface area contributed by atoms with Crippen molar-refractivity contribution >= 4 is 43.6 Å². The Labute approximate surface area is 358 Å². The van der Waals surface area contributed by atoms with Crippen molar-refractivity contribution in [2.24, 2.45) is 0 Å². The van der Waals surface area contributed by atoms with Gasteiger partial charge in [-0.05, 0) is 76.3 Å². The minimum Gasteiger partial charge on any atom is -0.309 e. The lowest BCUT2D eigenvalue weighted by Crippen LogP contribution is -2.06. The van der Waals surface area contributed by atoms with Crippen LogP contribution in [0.2, 0.25) is 0 Å². The summed E-state index contributed by atoms with van der Waals surface area (Å²) in [7, 11) is 0. The van der Waals surface area contributed by atoms with Crippen molar-refractivity contribution in [3.8, 4) is 67.8 Å². The Hall–Kier alpha value is -8.41. The summed E-state index contributed by atoms with van der Waals surface area (Å²) < 4.78 is 4.66. The van der Waals surface area contributed by atoms with Gasteiger partial charge in [-0.25, -0.2) is 4.98 Å². The third-order valence-corrected chi connectivity index (χ3v) is 12.0. The Morgan fingerprint density at radius 1 is 0.258 bits per heavy atom. The van der Waals surface area contributed by atoms with Gasteiger partial charge in [0.25, 0.3) is 0 Å². The molecule has 0 saturated carbocycles. The summed E-state index contributed by atoms with van der Waals surface area (Å²) >= 11 is 0. The van der Waals surface area contributed by atoms with Gasteiger partial charge in [0, 0.05) is 38.2 Å². The number of para-hydroxylation sites is 3. The quantitative estimate of drug-likeness (QED) is 0.162. The van der Waals surface area contributed by atoms with E-state index >= 15 is 0 Å². The molecule has 5 nitrogen and oxygen atoms in total. The molecule has 3 aromatic heterocycles. The molecular formula is C57H37N5. The number of benzene rings is 9. The van der Waals surface area contributed by atoms with Gasteiger partial charge in [-0.3, -0.25) is 4.57 Å². The number of aromatic nitrogens is 5. The molecule has 0 N–H and O–H groups in total. The smallest absolute Gasteiger partial charge is 0.238 e. The first-order valence-electron chi connectivity index (χ1n) is 20.9. The summed E-state index contributed by atoms with van der Waals surface area (Å²) in [6, 6.07) is 79.5. The highest BCUT2D eigenvalue weighted by molar-refractivity contribution is 6.19. The highest BCUT2D eigenvalue weighted by Crippen LogP contribution is 2.42. The van der Waals surface area contributed by atoms with Crippen molar-refractivity contribution in [1.29, 1.82) is 0 Å². The Balaban J connectivity index is 1.14. The molecule has 5 heteroatoms. The zero-order chi connectivity index (χ0) is 41.0. The van der Waals surface area contributed by atoms with Gasteiger partial charge < -0.3 is 4.57 Å². The highest BCUT2D eigenvalue weighted by Gasteiger charge is 2.22. The predicted octanol–water partition coefficient (Wildman–Crippen LogP) is 14.4. The summed E-state index contributed by atoms with van der Waals surface area (Å²) in [6.45, 7) is 0.